The summed E-state index contributed by atoms with van der Waals surface area (Å²) in [4.78, 5) is 13.2. The molecular weight excluding hydrogens is 386 g/mol. The monoisotopic (exact) mass is 411 g/mol. The molecule has 0 spiro atoms. The summed E-state index contributed by atoms with van der Waals surface area (Å²) >= 11 is 5.30. The van der Waals surface area contributed by atoms with Gasteiger partial charge in [0.2, 0.25) is 0 Å². The first-order valence-electron chi connectivity index (χ1n) is 9.42. The topological polar surface area (TPSA) is 82.6 Å². The van der Waals surface area contributed by atoms with Crippen LogP contribution < -0.4 is 20.7 Å². The number of hydrogen-bond donors (Lipinski definition) is 4. The molecule has 0 unspecified atom stereocenters. The lowest BCUT2D eigenvalue weighted by Crippen LogP contribution is -2.45. The van der Waals surface area contributed by atoms with Gasteiger partial charge in [0.15, 0.2) is 16.6 Å². The second-order valence-corrected chi connectivity index (χ2v) is 7.39. The zero-order chi connectivity index (χ0) is 21.1. The molecule has 0 fully saturated rings. The number of ether oxygens (including phenoxy) is 1. The highest BCUT2D eigenvalue weighted by Crippen LogP contribution is 2.34. The number of aryl methyl sites for hydroxylation is 2. The van der Waals surface area contributed by atoms with Crippen molar-refractivity contribution in [3.63, 3.8) is 0 Å². The normalized spacial score (nSPS) is 16.1. The maximum absolute atomic E-state index is 13.2. The number of hydrogen-bond acceptors (Lipinski definition) is 4. The minimum atomic E-state index is -0.477. The first kappa shape index (κ1) is 20.7. The van der Waals surface area contributed by atoms with E-state index in [1.54, 1.807) is 18.2 Å². The van der Waals surface area contributed by atoms with Gasteiger partial charge in [-0.25, -0.2) is 0 Å². The van der Waals surface area contributed by atoms with Gasteiger partial charge in [-0.2, -0.15) is 0 Å². The van der Waals surface area contributed by atoms with Gasteiger partial charge >= 0.3 is 0 Å². The van der Waals surface area contributed by atoms with E-state index in [9.17, 15) is 9.90 Å². The summed E-state index contributed by atoms with van der Waals surface area (Å²) in [7, 11) is 0. The number of phenolic OH excluding ortho intramolecular Hbond substituents is 1. The molecule has 1 aliphatic rings. The number of nitrogens with one attached hydrogen (secondary N) is 3. The molecule has 2 aromatic carbocycles. The summed E-state index contributed by atoms with van der Waals surface area (Å²) in [5, 5.41) is 19.6. The summed E-state index contributed by atoms with van der Waals surface area (Å²) in [5.74, 6) is 0.182. The van der Waals surface area contributed by atoms with E-state index in [0.717, 1.165) is 22.4 Å². The van der Waals surface area contributed by atoms with Crippen molar-refractivity contribution in [1.29, 1.82) is 0 Å². The number of benzene rings is 2. The van der Waals surface area contributed by atoms with Crippen LogP contribution in [0.25, 0.3) is 0 Å². The van der Waals surface area contributed by atoms with Crippen LogP contribution in [0.5, 0.6) is 11.5 Å². The summed E-state index contributed by atoms with van der Waals surface area (Å²) in [5.41, 5.74) is 4.95. The maximum Gasteiger partial charge on any atom is 0.255 e. The molecule has 1 heterocycles. The molecule has 1 atom stereocenters. The van der Waals surface area contributed by atoms with E-state index in [1.807, 2.05) is 45.9 Å². The first-order chi connectivity index (χ1) is 13.8. The smallest absolute Gasteiger partial charge is 0.255 e. The van der Waals surface area contributed by atoms with Crippen LogP contribution in [-0.4, -0.2) is 22.7 Å². The molecule has 29 heavy (non-hydrogen) atoms. The van der Waals surface area contributed by atoms with Crippen molar-refractivity contribution >= 4 is 28.9 Å². The predicted molar refractivity (Wildman–Crippen MR) is 118 cm³/mol. The quantitative estimate of drug-likeness (QED) is 0.560. The molecule has 152 valence electrons. The second kappa shape index (κ2) is 8.53. The Morgan fingerprint density at radius 2 is 1.93 bits per heavy atom. The van der Waals surface area contributed by atoms with Crippen molar-refractivity contribution in [3.8, 4) is 11.5 Å². The van der Waals surface area contributed by atoms with Gasteiger partial charge in [0.05, 0.1) is 18.2 Å². The minimum Gasteiger partial charge on any atom is -0.504 e. The Balaban J connectivity index is 1.96. The zero-order valence-electron chi connectivity index (χ0n) is 16.9. The molecule has 0 aliphatic carbocycles. The Morgan fingerprint density at radius 1 is 1.17 bits per heavy atom. The van der Waals surface area contributed by atoms with Crippen LogP contribution in [-0.2, 0) is 4.79 Å². The number of carbonyl (C=O) groups is 1. The summed E-state index contributed by atoms with van der Waals surface area (Å²) in [6.07, 6.45) is 0. The fourth-order valence-electron chi connectivity index (χ4n) is 3.24. The molecule has 0 aromatic heterocycles. The van der Waals surface area contributed by atoms with E-state index in [4.69, 9.17) is 17.0 Å². The van der Waals surface area contributed by atoms with E-state index in [2.05, 4.69) is 16.0 Å². The van der Waals surface area contributed by atoms with E-state index in [1.165, 1.54) is 0 Å². The van der Waals surface area contributed by atoms with Crippen LogP contribution >= 0.6 is 12.2 Å². The van der Waals surface area contributed by atoms with Crippen molar-refractivity contribution in [3.05, 3.63) is 64.4 Å². The molecule has 0 saturated heterocycles. The number of phenols is 1. The SMILES string of the molecule is CCOc1cc([C@@H]2NC(=S)NC(C)=C2C(=O)Nc2ccc(C)c(C)c2)ccc1O. The highest BCUT2D eigenvalue weighted by Gasteiger charge is 2.30. The van der Waals surface area contributed by atoms with Gasteiger partial charge in [-0.3, -0.25) is 4.79 Å². The van der Waals surface area contributed by atoms with Crippen LogP contribution in [0.3, 0.4) is 0 Å². The standard InChI is InChI=1S/C22H25N3O3S/c1-5-28-18-11-15(7-9-17(18)26)20-19(14(4)23-22(29)25-20)21(27)24-16-8-6-12(2)13(3)10-16/h6-11,20,26H,5H2,1-4H3,(H,24,27)(H2,23,25,29)/t20-/m0/s1. The molecule has 1 aliphatic heterocycles. The Hall–Kier alpha value is -3.06. The third-order valence-corrected chi connectivity index (χ3v) is 5.12. The average molecular weight is 412 g/mol. The summed E-state index contributed by atoms with van der Waals surface area (Å²) < 4.78 is 5.49. The molecule has 1 amide bonds. The van der Waals surface area contributed by atoms with Gasteiger partial charge in [-0.05, 0) is 80.9 Å². The Kier molecular flexibility index (Phi) is 6.08. The van der Waals surface area contributed by atoms with Crippen LogP contribution in [0.4, 0.5) is 5.69 Å². The number of thiocarbonyl (C=S) groups is 1. The lowest BCUT2D eigenvalue weighted by molar-refractivity contribution is -0.113. The fraction of sp³-hybridized carbons (Fsp3) is 0.273. The van der Waals surface area contributed by atoms with E-state index in [-0.39, 0.29) is 11.7 Å². The van der Waals surface area contributed by atoms with Crippen molar-refractivity contribution in [2.24, 2.45) is 0 Å². The number of anilines is 1. The molecule has 4 N–H and O–H groups in total. The predicted octanol–water partition coefficient (Wildman–Crippen LogP) is 3.84. The maximum atomic E-state index is 13.2. The van der Waals surface area contributed by atoms with E-state index >= 15 is 0 Å². The molecule has 0 radical (unpaired) electrons. The third kappa shape index (κ3) is 4.51. The van der Waals surface area contributed by atoms with Gasteiger partial charge in [-0.1, -0.05) is 12.1 Å². The molecular formula is C22H25N3O3S. The molecule has 0 bridgehead atoms. The fourth-order valence-corrected chi connectivity index (χ4v) is 3.51. The highest BCUT2D eigenvalue weighted by atomic mass is 32.1. The lowest BCUT2D eigenvalue weighted by Gasteiger charge is -2.30. The highest BCUT2D eigenvalue weighted by molar-refractivity contribution is 7.80. The van der Waals surface area contributed by atoms with Crippen molar-refractivity contribution in [1.82, 2.24) is 10.6 Å². The van der Waals surface area contributed by atoms with Gasteiger partial charge in [-0.15, -0.1) is 0 Å². The van der Waals surface area contributed by atoms with Gasteiger partial charge in [0, 0.05) is 11.4 Å². The molecule has 3 rings (SSSR count). The zero-order valence-corrected chi connectivity index (χ0v) is 17.7. The van der Waals surface area contributed by atoms with Crippen LogP contribution in [0.2, 0.25) is 0 Å². The second-order valence-electron chi connectivity index (χ2n) is 6.98. The number of aromatic hydroxyl groups is 1. The molecule has 2 aromatic rings. The first-order valence-corrected chi connectivity index (χ1v) is 9.83. The van der Waals surface area contributed by atoms with Crippen molar-refractivity contribution < 1.29 is 14.6 Å². The molecule has 6 nitrogen and oxygen atoms in total. The third-order valence-electron chi connectivity index (χ3n) is 4.90. The van der Waals surface area contributed by atoms with Crippen LogP contribution in [0.15, 0.2) is 47.7 Å². The number of carbonyl (C=O) groups excluding carboxylic acids is 1. The Labute approximate surface area is 176 Å². The minimum absolute atomic E-state index is 0.0499. The van der Waals surface area contributed by atoms with Crippen LogP contribution in [0, 0.1) is 13.8 Å². The summed E-state index contributed by atoms with van der Waals surface area (Å²) in [6.45, 7) is 8.12. The number of amides is 1. The van der Waals surface area contributed by atoms with E-state index in [0.29, 0.717) is 28.7 Å². The lowest BCUT2D eigenvalue weighted by atomic mass is 9.94. The Morgan fingerprint density at radius 3 is 2.62 bits per heavy atom. The molecule has 0 saturated carbocycles. The average Bonchev–Trinajstić information content (AvgIpc) is 2.66. The number of allylic oxidation sites excluding steroid dienone is 1. The van der Waals surface area contributed by atoms with E-state index < -0.39 is 6.04 Å². The van der Waals surface area contributed by atoms with Crippen molar-refractivity contribution in [2.75, 3.05) is 11.9 Å². The largest absolute Gasteiger partial charge is 0.504 e. The Bertz CT molecular complexity index is 1000. The van der Waals surface area contributed by atoms with Gasteiger partial charge in [0.25, 0.3) is 5.91 Å². The number of rotatable bonds is 5. The van der Waals surface area contributed by atoms with Gasteiger partial charge < -0.3 is 25.8 Å². The van der Waals surface area contributed by atoms with Gasteiger partial charge in [0.1, 0.15) is 0 Å². The molecule has 7 heteroatoms. The summed E-state index contributed by atoms with van der Waals surface area (Å²) in [6, 6.07) is 10.4. The van der Waals surface area contributed by atoms with Crippen LogP contribution in [0.1, 0.15) is 36.6 Å². The van der Waals surface area contributed by atoms with Crippen molar-refractivity contribution in [2.45, 2.75) is 33.7 Å².